The number of hydrogen-bond acceptors (Lipinski definition) is 4. The fraction of sp³-hybridized carbons (Fsp3) is 0.333. The van der Waals surface area contributed by atoms with Crippen LogP contribution in [0.4, 0.5) is 10.1 Å². The first-order valence-corrected chi connectivity index (χ1v) is 13.4. The summed E-state index contributed by atoms with van der Waals surface area (Å²) in [5.41, 5.74) is 0.0127. The van der Waals surface area contributed by atoms with Gasteiger partial charge in [0.25, 0.3) is 0 Å². The molecule has 9 heteroatoms. The van der Waals surface area contributed by atoms with Crippen LogP contribution in [0.5, 0.6) is 0 Å². The van der Waals surface area contributed by atoms with E-state index in [1.165, 1.54) is 23.1 Å². The first-order chi connectivity index (χ1) is 16.8. The minimum Gasteiger partial charge on any atom is -0.350 e. The van der Waals surface area contributed by atoms with Crippen molar-refractivity contribution in [2.24, 2.45) is 0 Å². The number of hydrogen-bond donors (Lipinski definition) is 1. The number of carbonyl (C=O) groups is 2. The largest absolute Gasteiger partial charge is 0.350 e. The van der Waals surface area contributed by atoms with Crippen molar-refractivity contribution in [3.05, 3.63) is 78.1 Å². The van der Waals surface area contributed by atoms with E-state index in [-0.39, 0.29) is 12.1 Å². The fourth-order valence-electron chi connectivity index (χ4n) is 3.89. The fourth-order valence-corrected chi connectivity index (χ4v) is 4.75. The Kier molecular flexibility index (Phi) is 8.03. The summed E-state index contributed by atoms with van der Waals surface area (Å²) in [6, 6.07) is 17.5. The smallest absolute Gasteiger partial charge is 0.244 e. The van der Waals surface area contributed by atoms with Gasteiger partial charge in [0.1, 0.15) is 18.4 Å². The summed E-state index contributed by atoms with van der Waals surface area (Å²) in [5, 5.41) is 4.32. The van der Waals surface area contributed by atoms with Crippen LogP contribution < -0.4 is 9.62 Å². The SMILES string of the molecule is CC(C(=O)NC(C)(C)C)N(Cc1ccccc1F)C(=O)CN(c1cccc2ccccc12)S(C)(=O)=O. The lowest BCUT2D eigenvalue weighted by molar-refractivity contribution is -0.140. The van der Waals surface area contributed by atoms with Gasteiger partial charge in [0.2, 0.25) is 21.8 Å². The number of amides is 2. The third-order valence-electron chi connectivity index (χ3n) is 5.68. The maximum atomic E-state index is 14.5. The average Bonchev–Trinajstić information content (AvgIpc) is 2.79. The maximum absolute atomic E-state index is 14.5. The van der Waals surface area contributed by atoms with Crippen LogP contribution >= 0.6 is 0 Å². The normalized spacial score (nSPS) is 12.7. The van der Waals surface area contributed by atoms with E-state index in [4.69, 9.17) is 0 Å². The van der Waals surface area contributed by atoms with E-state index >= 15 is 0 Å². The molecule has 7 nitrogen and oxygen atoms in total. The number of fused-ring (bicyclic) bond motifs is 1. The van der Waals surface area contributed by atoms with E-state index in [0.29, 0.717) is 11.1 Å². The second-order valence-corrected chi connectivity index (χ2v) is 11.7. The maximum Gasteiger partial charge on any atom is 0.244 e. The molecule has 3 aromatic carbocycles. The molecule has 0 spiro atoms. The van der Waals surface area contributed by atoms with E-state index in [9.17, 15) is 22.4 Å². The van der Waals surface area contributed by atoms with Gasteiger partial charge in [-0.05, 0) is 45.2 Å². The van der Waals surface area contributed by atoms with Crippen molar-refractivity contribution < 1.29 is 22.4 Å². The Morgan fingerprint density at radius 1 is 0.972 bits per heavy atom. The summed E-state index contributed by atoms with van der Waals surface area (Å²) in [6.45, 7) is 6.24. The topological polar surface area (TPSA) is 86.8 Å². The van der Waals surface area contributed by atoms with Gasteiger partial charge in [-0.15, -0.1) is 0 Å². The lowest BCUT2D eigenvalue weighted by Crippen LogP contribution is -2.54. The van der Waals surface area contributed by atoms with Gasteiger partial charge in [-0.1, -0.05) is 54.6 Å². The Bertz CT molecular complexity index is 1360. The Hall–Kier alpha value is -3.46. The summed E-state index contributed by atoms with van der Waals surface area (Å²) in [4.78, 5) is 27.8. The van der Waals surface area contributed by atoms with Crippen molar-refractivity contribution >= 4 is 38.3 Å². The zero-order valence-corrected chi connectivity index (χ0v) is 22.0. The molecule has 1 atom stereocenters. The third kappa shape index (κ3) is 6.60. The molecule has 2 amide bonds. The minimum absolute atomic E-state index is 0.197. The minimum atomic E-state index is -3.88. The highest BCUT2D eigenvalue weighted by Crippen LogP contribution is 2.28. The molecule has 0 fully saturated rings. The van der Waals surface area contributed by atoms with Crippen LogP contribution in [-0.2, 0) is 26.2 Å². The van der Waals surface area contributed by atoms with Gasteiger partial charge in [-0.2, -0.15) is 0 Å². The van der Waals surface area contributed by atoms with Crippen molar-refractivity contribution in [2.75, 3.05) is 17.1 Å². The Morgan fingerprint density at radius 2 is 1.58 bits per heavy atom. The molecule has 1 unspecified atom stereocenters. The van der Waals surface area contributed by atoms with E-state index in [1.54, 1.807) is 37.3 Å². The van der Waals surface area contributed by atoms with Crippen molar-refractivity contribution in [1.82, 2.24) is 10.2 Å². The van der Waals surface area contributed by atoms with Gasteiger partial charge in [0.05, 0.1) is 11.9 Å². The van der Waals surface area contributed by atoms with Gasteiger partial charge in [0, 0.05) is 23.0 Å². The number of nitrogens with zero attached hydrogens (tertiary/aromatic N) is 2. The molecule has 36 heavy (non-hydrogen) atoms. The standard InChI is InChI=1S/C27H32FN3O4S/c1-19(26(33)29-27(2,3)4)30(17-21-12-7-9-15-23(21)28)25(32)18-31(36(5,34)35)24-16-10-13-20-11-6-8-14-22(20)24/h6-16,19H,17-18H2,1-5H3,(H,29,33). The molecular weight excluding hydrogens is 481 g/mol. The molecule has 0 bridgehead atoms. The summed E-state index contributed by atoms with van der Waals surface area (Å²) < 4.78 is 41.2. The molecule has 0 aliphatic heterocycles. The first kappa shape index (κ1) is 27.1. The molecule has 0 saturated heterocycles. The van der Waals surface area contributed by atoms with E-state index < -0.39 is 45.8 Å². The van der Waals surface area contributed by atoms with E-state index in [0.717, 1.165) is 15.9 Å². The predicted molar refractivity (Wildman–Crippen MR) is 140 cm³/mol. The summed E-state index contributed by atoms with van der Waals surface area (Å²) >= 11 is 0. The highest BCUT2D eigenvalue weighted by Gasteiger charge is 2.32. The van der Waals surface area contributed by atoms with Gasteiger partial charge in [-0.25, -0.2) is 12.8 Å². The second-order valence-electron chi connectivity index (χ2n) is 9.80. The number of halogens is 1. The highest BCUT2D eigenvalue weighted by atomic mass is 32.2. The van der Waals surface area contributed by atoms with Gasteiger partial charge < -0.3 is 10.2 Å². The quantitative estimate of drug-likeness (QED) is 0.492. The lowest BCUT2D eigenvalue weighted by atomic mass is 10.1. The van der Waals surface area contributed by atoms with Crippen LogP contribution in [0.2, 0.25) is 0 Å². The van der Waals surface area contributed by atoms with Crippen molar-refractivity contribution in [3.8, 4) is 0 Å². The molecule has 0 radical (unpaired) electrons. The Morgan fingerprint density at radius 3 is 2.22 bits per heavy atom. The monoisotopic (exact) mass is 513 g/mol. The van der Waals surface area contributed by atoms with Crippen LogP contribution in [0.15, 0.2) is 66.7 Å². The van der Waals surface area contributed by atoms with Gasteiger partial charge in [0.15, 0.2) is 0 Å². The Labute approximate surface area is 212 Å². The first-order valence-electron chi connectivity index (χ1n) is 11.6. The summed E-state index contributed by atoms with van der Waals surface area (Å²) in [5.74, 6) is -1.58. The highest BCUT2D eigenvalue weighted by molar-refractivity contribution is 7.92. The van der Waals surface area contributed by atoms with Gasteiger partial charge >= 0.3 is 0 Å². The molecule has 3 rings (SSSR count). The molecule has 0 saturated carbocycles. The van der Waals surface area contributed by atoms with Crippen molar-refractivity contribution in [3.63, 3.8) is 0 Å². The van der Waals surface area contributed by atoms with Crippen LogP contribution in [0.1, 0.15) is 33.3 Å². The van der Waals surface area contributed by atoms with Crippen LogP contribution in [0.3, 0.4) is 0 Å². The molecular formula is C27H32FN3O4S. The molecule has 0 aliphatic rings. The Balaban J connectivity index is 2.01. The summed E-state index contributed by atoms with van der Waals surface area (Å²) in [7, 11) is -3.88. The zero-order chi connectivity index (χ0) is 26.7. The van der Waals surface area contributed by atoms with Crippen molar-refractivity contribution in [2.45, 2.75) is 45.8 Å². The molecule has 0 aliphatic carbocycles. The number of nitrogens with one attached hydrogen (secondary N) is 1. The molecule has 192 valence electrons. The average molecular weight is 514 g/mol. The lowest BCUT2D eigenvalue weighted by Gasteiger charge is -2.33. The molecule has 1 N–H and O–H groups in total. The number of carbonyl (C=O) groups excluding carboxylic acids is 2. The van der Waals surface area contributed by atoms with Gasteiger partial charge in [-0.3, -0.25) is 13.9 Å². The summed E-state index contributed by atoms with van der Waals surface area (Å²) in [6.07, 6.45) is 1.03. The van der Waals surface area contributed by atoms with Crippen LogP contribution in [0.25, 0.3) is 10.8 Å². The van der Waals surface area contributed by atoms with E-state index in [2.05, 4.69) is 5.32 Å². The third-order valence-corrected chi connectivity index (χ3v) is 6.80. The molecule has 3 aromatic rings. The number of benzene rings is 3. The van der Waals surface area contributed by atoms with Crippen LogP contribution in [-0.4, -0.2) is 49.5 Å². The number of anilines is 1. The predicted octanol–water partition coefficient (Wildman–Crippen LogP) is 4.08. The zero-order valence-electron chi connectivity index (χ0n) is 21.2. The molecule has 0 aromatic heterocycles. The number of rotatable bonds is 8. The molecule has 0 heterocycles. The second kappa shape index (κ2) is 10.7. The van der Waals surface area contributed by atoms with Crippen molar-refractivity contribution in [1.29, 1.82) is 0 Å². The number of sulfonamides is 1. The van der Waals surface area contributed by atoms with Crippen LogP contribution in [0, 0.1) is 5.82 Å². The van der Waals surface area contributed by atoms with E-state index in [1.807, 2.05) is 39.0 Å².